The van der Waals surface area contributed by atoms with Crippen LogP contribution in [-0.4, -0.2) is 42.8 Å². The molecule has 1 fully saturated rings. The first-order valence-corrected chi connectivity index (χ1v) is 7.87. The largest absolute Gasteiger partial charge is 0.357 e. The van der Waals surface area contributed by atoms with Gasteiger partial charge < -0.3 is 4.57 Å². The van der Waals surface area contributed by atoms with Gasteiger partial charge in [-0.25, -0.2) is 13.1 Å². The summed E-state index contributed by atoms with van der Waals surface area (Å²) in [6, 6.07) is 2.08. The van der Waals surface area contributed by atoms with Crippen LogP contribution in [-0.2, 0) is 23.6 Å². The molecule has 0 spiro atoms. The van der Waals surface area contributed by atoms with Crippen molar-refractivity contribution in [2.24, 2.45) is 7.05 Å². The van der Waals surface area contributed by atoms with Crippen molar-refractivity contribution in [3.63, 3.8) is 0 Å². The van der Waals surface area contributed by atoms with Gasteiger partial charge in [0.2, 0.25) is 10.0 Å². The molecular weight excluding hydrogens is 250 g/mol. The van der Waals surface area contributed by atoms with Gasteiger partial charge in [-0.2, -0.15) is 0 Å². The quantitative estimate of drug-likeness (QED) is 0.850. The standard InChI is InChI=1S/C12H21N3O2S/c1-3-13-18(16,17)12-5-7-15(10-12)9-11-4-6-14(2)8-11/h4,6,8,12-13H,3,5,7,9-10H2,1-2H3/t12-/m1/s1. The van der Waals surface area contributed by atoms with Gasteiger partial charge in [-0.1, -0.05) is 6.92 Å². The molecule has 102 valence electrons. The number of hydrogen-bond donors (Lipinski definition) is 1. The van der Waals surface area contributed by atoms with Gasteiger partial charge in [0.15, 0.2) is 0 Å². The maximum absolute atomic E-state index is 11.9. The molecule has 0 saturated carbocycles. The third kappa shape index (κ3) is 3.13. The zero-order chi connectivity index (χ0) is 13.2. The van der Waals surface area contributed by atoms with Crippen LogP contribution in [0.1, 0.15) is 18.9 Å². The van der Waals surface area contributed by atoms with E-state index in [1.807, 2.05) is 24.7 Å². The summed E-state index contributed by atoms with van der Waals surface area (Å²) in [6.07, 6.45) is 4.81. The lowest BCUT2D eigenvalue weighted by atomic mass is 10.3. The Hall–Kier alpha value is -0.850. The van der Waals surface area contributed by atoms with Gasteiger partial charge >= 0.3 is 0 Å². The molecule has 2 rings (SSSR count). The van der Waals surface area contributed by atoms with Gasteiger partial charge in [0.25, 0.3) is 0 Å². The van der Waals surface area contributed by atoms with Crippen LogP contribution >= 0.6 is 0 Å². The van der Waals surface area contributed by atoms with Gasteiger partial charge in [0, 0.05) is 39.1 Å². The summed E-state index contributed by atoms with van der Waals surface area (Å²) < 4.78 is 28.4. The lowest BCUT2D eigenvalue weighted by Gasteiger charge is -2.15. The number of nitrogens with zero attached hydrogens (tertiary/aromatic N) is 2. The predicted molar refractivity (Wildman–Crippen MR) is 71.7 cm³/mol. The number of aromatic nitrogens is 1. The van der Waals surface area contributed by atoms with Crippen molar-refractivity contribution in [1.29, 1.82) is 0 Å². The molecule has 0 amide bonds. The van der Waals surface area contributed by atoms with E-state index < -0.39 is 10.0 Å². The fraction of sp³-hybridized carbons (Fsp3) is 0.667. The van der Waals surface area contributed by atoms with Crippen molar-refractivity contribution in [2.45, 2.75) is 25.1 Å². The molecule has 0 aromatic carbocycles. The highest BCUT2D eigenvalue weighted by atomic mass is 32.2. The lowest BCUT2D eigenvalue weighted by Crippen LogP contribution is -2.36. The smallest absolute Gasteiger partial charge is 0.215 e. The minimum atomic E-state index is -3.13. The molecule has 0 radical (unpaired) electrons. The van der Waals surface area contributed by atoms with E-state index in [-0.39, 0.29) is 5.25 Å². The Bertz CT molecular complexity index is 495. The molecule has 1 aromatic rings. The fourth-order valence-electron chi connectivity index (χ4n) is 2.43. The van der Waals surface area contributed by atoms with Gasteiger partial charge in [-0.3, -0.25) is 4.90 Å². The van der Waals surface area contributed by atoms with Crippen molar-refractivity contribution in [1.82, 2.24) is 14.2 Å². The number of likely N-dealkylation sites (tertiary alicyclic amines) is 1. The fourth-order valence-corrected chi connectivity index (χ4v) is 3.89. The Labute approximate surface area is 109 Å². The highest BCUT2D eigenvalue weighted by Gasteiger charge is 2.32. The molecule has 1 N–H and O–H groups in total. The molecule has 1 saturated heterocycles. The van der Waals surface area contributed by atoms with Crippen LogP contribution in [0.2, 0.25) is 0 Å². The third-order valence-corrected chi connectivity index (χ3v) is 5.27. The van der Waals surface area contributed by atoms with Gasteiger partial charge in [-0.15, -0.1) is 0 Å². The first kappa shape index (κ1) is 13.6. The van der Waals surface area contributed by atoms with Crippen molar-refractivity contribution in [3.8, 4) is 0 Å². The third-order valence-electron chi connectivity index (χ3n) is 3.31. The Balaban J connectivity index is 1.92. The molecule has 18 heavy (non-hydrogen) atoms. The van der Waals surface area contributed by atoms with Gasteiger partial charge in [-0.05, 0) is 24.6 Å². The highest BCUT2D eigenvalue weighted by Crippen LogP contribution is 2.18. The van der Waals surface area contributed by atoms with E-state index in [0.29, 0.717) is 13.1 Å². The monoisotopic (exact) mass is 271 g/mol. The number of nitrogens with one attached hydrogen (secondary N) is 1. The zero-order valence-corrected chi connectivity index (χ0v) is 11.8. The topological polar surface area (TPSA) is 54.3 Å². The molecule has 1 aromatic heterocycles. The number of hydrogen-bond acceptors (Lipinski definition) is 3. The van der Waals surface area contributed by atoms with Crippen LogP contribution in [0.3, 0.4) is 0 Å². The van der Waals surface area contributed by atoms with Crippen LogP contribution < -0.4 is 4.72 Å². The summed E-state index contributed by atoms with van der Waals surface area (Å²) in [6.45, 7) is 4.60. The first-order chi connectivity index (χ1) is 8.51. The van der Waals surface area contributed by atoms with Crippen LogP contribution in [0.5, 0.6) is 0 Å². The van der Waals surface area contributed by atoms with E-state index in [0.717, 1.165) is 19.5 Å². The average Bonchev–Trinajstić information content (AvgIpc) is 2.89. The first-order valence-electron chi connectivity index (χ1n) is 6.33. The zero-order valence-electron chi connectivity index (χ0n) is 11.0. The Kier molecular flexibility index (Phi) is 4.09. The van der Waals surface area contributed by atoms with E-state index in [1.54, 1.807) is 0 Å². The van der Waals surface area contributed by atoms with E-state index in [9.17, 15) is 8.42 Å². The number of sulfonamides is 1. The molecule has 0 unspecified atom stereocenters. The van der Waals surface area contributed by atoms with Crippen molar-refractivity contribution in [2.75, 3.05) is 19.6 Å². The lowest BCUT2D eigenvalue weighted by molar-refractivity contribution is 0.331. The maximum atomic E-state index is 11.9. The predicted octanol–water partition coefficient (Wildman–Crippen LogP) is 0.539. The normalized spacial score (nSPS) is 21.6. The SMILES string of the molecule is CCNS(=O)(=O)[C@@H]1CCN(Cc2ccn(C)c2)C1. The highest BCUT2D eigenvalue weighted by molar-refractivity contribution is 7.90. The van der Waals surface area contributed by atoms with Crippen molar-refractivity contribution < 1.29 is 8.42 Å². The Morgan fingerprint density at radius 1 is 1.50 bits per heavy atom. The molecule has 6 heteroatoms. The summed E-state index contributed by atoms with van der Waals surface area (Å²) >= 11 is 0. The van der Waals surface area contributed by atoms with Gasteiger partial charge in [0.05, 0.1) is 5.25 Å². The van der Waals surface area contributed by atoms with Gasteiger partial charge in [0.1, 0.15) is 0 Å². The van der Waals surface area contributed by atoms with Crippen LogP contribution in [0.4, 0.5) is 0 Å². The molecule has 2 heterocycles. The summed E-state index contributed by atoms with van der Waals surface area (Å²) in [4.78, 5) is 2.20. The number of rotatable bonds is 5. The summed E-state index contributed by atoms with van der Waals surface area (Å²) in [5, 5.41) is -0.263. The molecular formula is C12H21N3O2S. The molecule has 0 aliphatic carbocycles. The van der Waals surface area contributed by atoms with E-state index >= 15 is 0 Å². The number of aryl methyl sites for hydroxylation is 1. The minimum Gasteiger partial charge on any atom is -0.357 e. The second-order valence-corrected chi connectivity index (χ2v) is 6.92. The van der Waals surface area contributed by atoms with E-state index in [2.05, 4.69) is 21.9 Å². The summed E-state index contributed by atoms with van der Waals surface area (Å²) in [7, 11) is -1.13. The second-order valence-electron chi connectivity index (χ2n) is 4.87. The van der Waals surface area contributed by atoms with E-state index in [1.165, 1.54) is 5.56 Å². The van der Waals surface area contributed by atoms with Crippen molar-refractivity contribution in [3.05, 3.63) is 24.0 Å². The minimum absolute atomic E-state index is 0.263. The molecule has 1 aliphatic rings. The Morgan fingerprint density at radius 2 is 2.28 bits per heavy atom. The molecule has 1 atom stereocenters. The van der Waals surface area contributed by atoms with Crippen LogP contribution in [0.25, 0.3) is 0 Å². The van der Waals surface area contributed by atoms with Crippen LogP contribution in [0, 0.1) is 0 Å². The second kappa shape index (κ2) is 5.42. The average molecular weight is 271 g/mol. The Morgan fingerprint density at radius 3 is 2.89 bits per heavy atom. The molecule has 0 bridgehead atoms. The summed E-state index contributed by atoms with van der Waals surface area (Å²) in [5.74, 6) is 0. The van der Waals surface area contributed by atoms with Crippen molar-refractivity contribution >= 4 is 10.0 Å². The molecule has 5 nitrogen and oxygen atoms in total. The summed E-state index contributed by atoms with van der Waals surface area (Å²) in [5.41, 5.74) is 1.24. The molecule has 1 aliphatic heterocycles. The van der Waals surface area contributed by atoms with E-state index in [4.69, 9.17) is 0 Å². The maximum Gasteiger partial charge on any atom is 0.215 e. The van der Waals surface area contributed by atoms with Crippen LogP contribution in [0.15, 0.2) is 18.5 Å².